The van der Waals surface area contributed by atoms with Gasteiger partial charge in [-0.05, 0) is 40.2 Å². The van der Waals surface area contributed by atoms with Crippen LogP contribution in [0.5, 0.6) is 0 Å². The van der Waals surface area contributed by atoms with Crippen molar-refractivity contribution in [2.75, 3.05) is 0 Å². The first-order valence-electron chi connectivity index (χ1n) is 4.69. The Kier molecular flexibility index (Phi) is 4.06. The van der Waals surface area contributed by atoms with E-state index in [1.807, 2.05) is 24.3 Å². The molecule has 2 rings (SSSR count). The first kappa shape index (κ1) is 12.4. The molecule has 0 aliphatic carbocycles. The summed E-state index contributed by atoms with van der Waals surface area (Å²) < 4.78 is 0.924. The maximum absolute atomic E-state index is 9.05. The molecule has 84 valence electrons. The van der Waals surface area contributed by atoms with Crippen LogP contribution in [-0.4, -0.2) is 4.98 Å². The average Bonchev–Trinajstić information content (AvgIpc) is 2.32. The Hall–Kier alpha value is -1.02. The van der Waals surface area contributed by atoms with E-state index in [1.54, 1.807) is 12.3 Å². The van der Waals surface area contributed by atoms with Crippen molar-refractivity contribution in [3.05, 3.63) is 51.6 Å². The highest BCUT2D eigenvalue weighted by Gasteiger charge is 2.08. The zero-order chi connectivity index (χ0) is 12.3. The van der Waals surface area contributed by atoms with E-state index in [2.05, 4.69) is 27.0 Å². The molecule has 0 bridgehead atoms. The van der Waals surface area contributed by atoms with Crippen LogP contribution < -0.4 is 0 Å². The number of halogens is 2. The predicted octanol–water partition coefficient (Wildman–Crippen LogP) is 4.52. The molecule has 5 heteroatoms. The summed E-state index contributed by atoms with van der Waals surface area (Å²) >= 11 is 10.7. The summed E-state index contributed by atoms with van der Waals surface area (Å²) in [5, 5.41) is 10.3. The Morgan fingerprint density at radius 1 is 1.29 bits per heavy atom. The number of hydrogen-bond donors (Lipinski definition) is 0. The van der Waals surface area contributed by atoms with Gasteiger partial charge in [0.15, 0.2) is 0 Å². The second-order valence-corrected chi connectivity index (χ2v) is 5.53. The fraction of sp³-hybridized carbons (Fsp3) is 0. The molecule has 0 saturated heterocycles. The zero-order valence-corrected chi connectivity index (χ0v) is 11.7. The van der Waals surface area contributed by atoms with Gasteiger partial charge in [0, 0.05) is 15.6 Å². The number of nitriles is 1. The van der Waals surface area contributed by atoms with Gasteiger partial charge in [0.2, 0.25) is 0 Å². The van der Waals surface area contributed by atoms with Crippen molar-refractivity contribution in [2.45, 2.75) is 9.92 Å². The minimum Gasteiger partial charge on any atom is -0.248 e. The van der Waals surface area contributed by atoms with Gasteiger partial charge in [0.1, 0.15) is 11.1 Å². The summed E-state index contributed by atoms with van der Waals surface area (Å²) in [6, 6.07) is 11.3. The number of rotatable bonds is 2. The highest BCUT2D eigenvalue weighted by molar-refractivity contribution is 9.10. The molecule has 0 radical (unpaired) electrons. The standard InChI is InChI=1S/C12H6BrClN2S/c13-8-4-5-12(16-7-8)17-11-3-1-2-10(14)9(11)6-15/h1-5,7H. The summed E-state index contributed by atoms with van der Waals surface area (Å²) in [6.45, 7) is 0. The summed E-state index contributed by atoms with van der Waals surface area (Å²) in [6.07, 6.45) is 1.72. The fourth-order valence-corrected chi connectivity index (χ4v) is 2.61. The summed E-state index contributed by atoms with van der Waals surface area (Å²) in [5.74, 6) is 0. The van der Waals surface area contributed by atoms with Crippen LogP contribution in [0.15, 0.2) is 50.9 Å². The average molecular weight is 326 g/mol. The van der Waals surface area contributed by atoms with Crippen molar-refractivity contribution >= 4 is 39.3 Å². The van der Waals surface area contributed by atoms with Gasteiger partial charge < -0.3 is 0 Å². The maximum atomic E-state index is 9.05. The molecule has 0 saturated carbocycles. The largest absolute Gasteiger partial charge is 0.248 e. The van der Waals surface area contributed by atoms with Gasteiger partial charge in [-0.3, -0.25) is 0 Å². The molecule has 0 aliphatic rings. The van der Waals surface area contributed by atoms with E-state index < -0.39 is 0 Å². The van der Waals surface area contributed by atoms with E-state index >= 15 is 0 Å². The number of hydrogen-bond acceptors (Lipinski definition) is 3. The van der Waals surface area contributed by atoms with E-state index in [-0.39, 0.29) is 0 Å². The monoisotopic (exact) mass is 324 g/mol. The van der Waals surface area contributed by atoms with E-state index in [9.17, 15) is 0 Å². The van der Waals surface area contributed by atoms with Crippen molar-refractivity contribution in [3.8, 4) is 6.07 Å². The van der Waals surface area contributed by atoms with Crippen LogP contribution in [0.2, 0.25) is 5.02 Å². The lowest BCUT2D eigenvalue weighted by atomic mass is 10.2. The summed E-state index contributed by atoms with van der Waals surface area (Å²) in [4.78, 5) is 5.06. The van der Waals surface area contributed by atoms with Crippen LogP contribution in [0.4, 0.5) is 0 Å². The molecule has 0 amide bonds. The summed E-state index contributed by atoms with van der Waals surface area (Å²) in [7, 11) is 0. The maximum Gasteiger partial charge on any atom is 0.102 e. The molecule has 0 unspecified atom stereocenters. The van der Waals surface area contributed by atoms with Gasteiger partial charge >= 0.3 is 0 Å². The van der Waals surface area contributed by atoms with E-state index in [1.165, 1.54) is 11.8 Å². The van der Waals surface area contributed by atoms with Gasteiger partial charge in [-0.2, -0.15) is 5.26 Å². The minimum atomic E-state index is 0.467. The molecule has 0 N–H and O–H groups in total. The summed E-state index contributed by atoms with van der Waals surface area (Å²) in [5.41, 5.74) is 0.490. The molecular formula is C12H6BrClN2S. The highest BCUT2D eigenvalue weighted by atomic mass is 79.9. The van der Waals surface area contributed by atoms with Crippen LogP contribution in [0.3, 0.4) is 0 Å². The van der Waals surface area contributed by atoms with Gasteiger partial charge in [-0.1, -0.05) is 29.4 Å². The Bertz CT molecular complexity index is 578. The van der Waals surface area contributed by atoms with Crippen molar-refractivity contribution in [2.24, 2.45) is 0 Å². The van der Waals surface area contributed by atoms with Crippen molar-refractivity contribution in [1.29, 1.82) is 5.26 Å². The molecule has 1 aromatic heterocycles. The lowest BCUT2D eigenvalue weighted by molar-refractivity contribution is 1.12. The lowest BCUT2D eigenvalue weighted by Crippen LogP contribution is -1.84. The molecule has 2 nitrogen and oxygen atoms in total. The van der Waals surface area contributed by atoms with E-state index in [0.717, 1.165) is 14.4 Å². The minimum absolute atomic E-state index is 0.467. The van der Waals surface area contributed by atoms with E-state index in [0.29, 0.717) is 10.6 Å². The topological polar surface area (TPSA) is 36.7 Å². The molecule has 1 heterocycles. The first-order valence-corrected chi connectivity index (χ1v) is 6.67. The third kappa shape index (κ3) is 3.01. The number of pyridine rings is 1. The second-order valence-electron chi connectivity index (χ2n) is 3.14. The smallest absolute Gasteiger partial charge is 0.102 e. The number of nitrogens with zero attached hydrogens (tertiary/aromatic N) is 2. The van der Waals surface area contributed by atoms with E-state index in [4.69, 9.17) is 16.9 Å². The van der Waals surface area contributed by atoms with Gasteiger partial charge in [0.25, 0.3) is 0 Å². The van der Waals surface area contributed by atoms with Crippen LogP contribution in [0.25, 0.3) is 0 Å². The lowest BCUT2D eigenvalue weighted by Gasteiger charge is -2.04. The normalized spacial score (nSPS) is 9.94. The zero-order valence-electron chi connectivity index (χ0n) is 8.52. The van der Waals surface area contributed by atoms with Gasteiger partial charge in [0.05, 0.1) is 10.6 Å². The second kappa shape index (κ2) is 5.54. The van der Waals surface area contributed by atoms with Crippen molar-refractivity contribution in [1.82, 2.24) is 4.98 Å². The molecule has 0 spiro atoms. The highest BCUT2D eigenvalue weighted by Crippen LogP contribution is 2.32. The van der Waals surface area contributed by atoms with Gasteiger partial charge in [-0.25, -0.2) is 4.98 Å². The molecule has 2 aromatic rings. The quantitative estimate of drug-likeness (QED) is 0.814. The van der Waals surface area contributed by atoms with Crippen LogP contribution in [0.1, 0.15) is 5.56 Å². The molecule has 0 atom stereocenters. The molecule has 1 aromatic carbocycles. The predicted molar refractivity (Wildman–Crippen MR) is 72.2 cm³/mol. The Labute approximate surface area is 117 Å². The Morgan fingerprint density at radius 3 is 2.76 bits per heavy atom. The van der Waals surface area contributed by atoms with Crippen molar-refractivity contribution in [3.63, 3.8) is 0 Å². The SMILES string of the molecule is N#Cc1c(Cl)cccc1Sc1ccc(Br)cn1. The third-order valence-electron chi connectivity index (χ3n) is 2.00. The van der Waals surface area contributed by atoms with Crippen LogP contribution >= 0.6 is 39.3 Å². The number of benzene rings is 1. The molecular weight excluding hydrogens is 320 g/mol. The molecule has 0 fully saturated rings. The Balaban J connectivity index is 2.34. The van der Waals surface area contributed by atoms with Crippen LogP contribution in [-0.2, 0) is 0 Å². The fourth-order valence-electron chi connectivity index (χ4n) is 1.23. The third-order valence-corrected chi connectivity index (χ3v) is 3.80. The Morgan fingerprint density at radius 2 is 2.12 bits per heavy atom. The number of aromatic nitrogens is 1. The van der Waals surface area contributed by atoms with Gasteiger partial charge in [-0.15, -0.1) is 0 Å². The van der Waals surface area contributed by atoms with Crippen molar-refractivity contribution < 1.29 is 0 Å². The first-order chi connectivity index (χ1) is 8.20. The van der Waals surface area contributed by atoms with Crippen LogP contribution in [0, 0.1) is 11.3 Å². The molecule has 0 aliphatic heterocycles. The molecule has 17 heavy (non-hydrogen) atoms.